The minimum Gasteiger partial charge on any atom is -0.351 e. The molecule has 7 fully saturated rings. The summed E-state index contributed by atoms with van der Waals surface area (Å²) in [5.74, 6) is 1.85. The van der Waals surface area contributed by atoms with Crippen molar-refractivity contribution < 1.29 is 4.79 Å². The van der Waals surface area contributed by atoms with Crippen LogP contribution in [0.4, 0.5) is 0 Å². The number of fused-ring (bicyclic) bond motifs is 3. The number of hydrogen-bond donors (Lipinski definition) is 1. The molecular formula is C26H36N2O. The first kappa shape index (κ1) is 18.4. The van der Waals surface area contributed by atoms with Gasteiger partial charge in [-0.3, -0.25) is 4.79 Å². The lowest BCUT2D eigenvalue weighted by molar-refractivity contribution is -0.165. The van der Waals surface area contributed by atoms with E-state index in [1.165, 1.54) is 57.2 Å². The highest BCUT2D eigenvalue weighted by Gasteiger charge is 2.65. The van der Waals surface area contributed by atoms with Crippen molar-refractivity contribution in [1.29, 1.82) is 0 Å². The predicted molar refractivity (Wildman–Crippen MR) is 116 cm³/mol. The molecule has 3 saturated heterocycles. The number of piperidine rings is 3. The molecule has 1 aromatic carbocycles. The highest BCUT2D eigenvalue weighted by atomic mass is 16.2. The highest BCUT2D eigenvalue weighted by molar-refractivity contribution is 5.84. The number of nitrogens with zero attached hydrogens (tertiary/aromatic N) is 1. The quantitative estimate of drug-likeness (QED) is 0.817. The van der Waals surface area contributed by atoms with Crippen molar-refractivity contribution in [3.8, 4) is 0 Å². The van der Waals surface area contributed by atoms with Crippen molar-refractivity contribution in [2.75, 3.05) is 19.6 Å². The molecule has 8 rings (SSSR count). The van der Waals surface area contributed by atoms with Crippen LogP contribution in [0.5, 0.6) is 0 Å². The Balaban J connectivity index is 1.33. The molecular weight excluding hydrogens is 356 g/mol. The molecule has 29 heavy (non-hydrogen) atoms. The number of rotatable bonds is 4. The van der Waals surface area contributed by atoms with Crippen molar-refractivity contribution in [3.63, 3.8) is 0 Å². The van der Waals surface area contributed by atoms with E-state index in [0.717, 1.165) is 31.7 Å². The lowest BCUT2D eigenvalue weighted by atomic mass is 9.38. The van der Waals surface area contributed by atoms with E-state index < -0.39 is 0 Å². The monoisotopic (exact) mass is 392 g/mol. The van der Waals surface area contributed by atoms with Gasteiger partial charge in [-0.2, -0.15) is 0 Å². The van der Waals surface area contributed by atoms with Gasteiger partial charge >= 0.3 is 0 Å². The van der Waals surface area contributed by atoms with Crippen molar-refractivity contribution in [1.82, 2.24) is 10.2 Å². The van der Waals surface area contributed by atoms with E-state index >= 15 is 0 Å². The molecule has 0 aromatic heterocycles. The van der Waals surface area contributed by atoms with E-state index in [9.17, 15) is 4.79 Å². The Kier molecular flexibility index (Phi) is 4.02. The van der Waals surface area contributed by atoms with Crippen LogP contribution in [-0.2, 0) is 10.2 Å². The van der Waals surface area contributed by atoms with Gasteiger partial charge < -0.3 is 10.2 Å². The van der Waals surface area contributed by atoms with Crippen LogP contribution in [0.3, 0.4) is 0 Å². The highest BCUT2D eigenvalue weighted by Crippen LogP contribution is 2.71. The summed E-state index contributed by atoms with van der Waals surface area (Å²) in [7, 11) is 0. The Bertz CT molecular complexity index is 800. The Hall–Kier alpha value is -1.35. The summed E-state index contributed by atoms with van der Waals surface area (Å²) in [6, 6.07) is 11.6. The molecule has 3 heterocycles. The Labute approximate surface area is 175 Å². The minimum atomic E-state index is -0.128. The molecule has 3 heteroatoms. The second-order valence-electron chi connectivity index (χ2n) is 11.5. The third-order valence-electron chi connectivity index (χ3n) is 9.77. The summed E-state index contributed by atoms with van der Waals surface area (Å²) < 4.78 is 0. The largest absolute Gasteiger partial charge is 0.351 e. The van der Waals surface area contributed by atoms with Gasteiger partial charge in [0, 0.05) is 12.6 Å². The topological polar surface area (TPSA) is 32.3 Å². The van der Waals surface area contributed by atoms with Crippen LogP contribution in [0.2, 0.25) is 0 Å². The van der Waals surface area contributed by atoms with Crippen molar-refractivity contribution in [3.05, 3.63) is 35.9 Å². The molecule has 0 spiro atoms. The zero-order chi connectivity index (χ0) is 19.7. The fourth-order valence-corrected chi connectivity index (χ4v) is 8.85. The summed E-state index contributed by atoms with van der Waals surface area (Å²) in [6.45, 7) is 5.93. The average Bonchev–Trinajstić information content (AvgIpc) is 2.74. The van der Waals surface area contributed by atoms with E-state index in [4.69, 9.17) is 0 Å². The minimum absolute atomic E-state index is 0.128. The standard InChI is InChI=1S/C26H36N2O/c1-2-24-12-19-13-25(16-24,21-6-4-3-5-7-21)18-26(14-19,17-24)23(29)27-22-15-28-10-8-20(22)9-11-28/h3-7,19-20,22H,2,8-18H2,1H3,(H,27,29)/t19?,22-,24+,25+,26?/m0/s1. The molecule has 4 saturated carbocycles. The van der Waals surface area contributed by atoms with E-state index in [1.807, 2.05) is 0 Å². The van der Waals surface area contributed by atoms with Crippen LogP contribution in [0.15, 0.2) is 30.3 Å². The average molecular weight is 393 g/mol. The summed E-state index contributed by atoms with van der Waals surface area (Å²) in [4.78, 5) is 16.5. The van der Waals surface area contributed by atoms with Gasteiger partial charge in [-0.1, -0.05) is 43.7 Å². The first-order valence-electron chi connectivity index (χ1n) is 12.1. The van der Waals surface area contributed by atoms with Gasteiger partial charge in [-0.15, -0.1) is 0 Å². The van der Waals surface area contributed by atoms with E-state index in [2.05, 4.69) is 47.5 Å². The zero-order valence-electron chi connectivity index (χ0n) is 18.0. The molecule has 1 aromatic rings. The second-order valence-corrected chi connectivity index (χ2v) is 11.5. The molecule has 3 aliphatic heterocycles. The van der Waals surface area contributed by atoms with Crippen LogP contribution >= 0.6 is 0 Å². The van der Waals surface area contributed by atoms with E-state index in [-0.39, 0.29) is 10.8 Å². The summed E-state index contributed by atoms with van der Waals surface area (Å²) in [5.41, 5.74) is 1.98. The maximum absolute atomic E-state index is 13.9. The van der Waals surface area contributed by atoms with Gasteiger partial charge in [-0.05, 0) is 92.7 Å². The van der Waals surface area contributed by atoms with Gasteiger partial charge in [0.25, 0.3) is 0 Å². The number of carbonyl (C=O) groups excluding carboxylic acids is 1. The predicted octanol–water partition coefficient (Wildman–Crippen LogP) is 4.52. The second kappa shape index (κ2) is 6.33. The van der Waals surface area contributed by atoms with Gasteiger partial charge in [-0.25, -0.2) is 0 Å². The SMILES string of the molecule is CC[C@]12CC3CC(C(=O)N[C@H]4CN5CCC4CC5)(C1)C[C@@](c1ccccc1)(C3)C2. The third-order valence-corrected chi connectivity index (χ3v) is 9.77. The molecule has 5 atom stereocenters. The molecule has 3 nitrogen and oxygen atoms in total. The van der Waals surface area contributed by atoms with Crippen molar-refractivity contribution in [2.45, 2.75) is 76.2 Å². The van der Waals surface area contributed by atoms with Gasteiger partial charge in [0.2, 0.25) is 5.91 Å². The molecule has 1 N–H and O–H groups in total. The van der Waals surface area contributed by atoms with Crippen molar-refractivity contribution >= 4 is 5.91 Å². The Morgan fingerprint density at radius 3 is 2.55 bits per heavy atom. The van der Waals surface area contributed by atoms with Gasteiger partial charge in [0.05, 0.1) is 5.41 Å². The lowest BCUT2D eigenvalue weighted by Crippen LogP contribution is -2.65. The van der Waals surface area contributed by atoms with Crippen molar-refractivity contribution in [2.24, 2.45) is 22.7 Å². The maximum Gasteiger partial charge on any atom is 0.226 e. The van der Waals surface area contributed by atoms with Gasteiger partial charge in [0.1, 0.15) is 0 Å². The number of amides is 1. The summed E-state index contributed by atoms with van der Waals surface area (Å²) in [5, 5.41) is 3.64. The Morgan fingerprint density at radius 1 is 1.07 bits per heavy atom. The zero-order valence-corrected chi connectivity index (χ0v) is 18.0. The normalized spacial score (nSPS) is 47.3. The fourth-order valence-electron chi connectivity index (χ4n) is 8.85. The Morgan fingerprint density at radius 2 is 1.86 bits per heavy atom. The first-order chi connectivity index (χ1) is 14.0. The van der Waals surface area contributed by atoms with Crippen LogP contribution in [0, 0.1) is 22.7 Å². The smallest absolute Gasteiger partial charge is 0.226 e. The number of benzene rings is 1. The molecule has 156 valence electrons. The number of carbonyl (C=O) groups is 1. The lowest BCUT2D eigenvalue weighted by Gasteiger charge is -2.66. The summed E-state index contributed by atoms with van der Waals surface area (Å²) in [6.07, 6.45) is 11.1. The van der Waals surface area contributed by atoms with Crippen LogP contribution in [0.25, 0.3) is 0 Å². The first-order valence-corrected chi connectivity index (χ1v) is 12.1. The van der Waals surface area contributed by atoms with Crippen LogP contribution in [0.1, 0.15) is 70.3 Å². The molecule has 2 unspecified atom stereocenters. The number of hydrogen-bond acceptors (Lipinski definition) is 2. The van der Waals surface area contributed by atoms with E-state index in [0.29, 0.717) is 23.3 Å². The van der Waals surface area contributed by atoms with Crippen LogP contribution < -0.4 is 5.32 Å². The molecule has 1 amide bonds. The fraction of sp³-hybridized carbons (Fsp3) is 0.731. The maximum atomic E-state index is 13.9. The number of nitrogens with one attached hydrogen (secondary N) is 1. The van der Waals surface area contributed by atoms with Crippen LogP contribution in [-0.4, -0.2) is 36.5 Å². The third kappa shape index (κ3) is 2.76. The molecule has 7 aliphatic rings. The summed E-state index contributed by atoms with van der Waals surface area (Å²) >= 11 is 0. The van der Waals surface area contributed by atoms with Gasteiger partial charge in [0.15, 0.2) is 0 Å². The molecule has 6 bridgehead atoms. The molecule has 0 radical (unpaired) electrons. The molecule has 4 aliphatic carbocycles. The van der Waals surface area contributed by atoms with E-state index in [1.54, 1.807) is 0 Å².